The van der Waals surface area contributed by atoms with Gasteiger partial charge in [0.05, 0.1) is 0 Å². The van der Waals surface area contributed by atoms with Crippen LogP contribution in [-0.2, 0) is 0 Å². The van der Waals surface area contributed by atoms with Crippen molar-refractivity contribution in [1.82, 2.24) is 20.4 Å². The van der Waals surface area contributed by atoms with Gasteiger partial charge in [-0.15, -0.1) is 0 Å². The minimum Gasteiger partial charge on any atom is -0.336 e. The third-order valence-corrected chi connectivity index (χ3v) is 3.74. The predicted molar refractivity (Wildman–Crippen MR) is 63.9 cm³/mol. The summed E-state index contributed by atoms with van der Waals surface area (Å²) in [5.74, 6) is 0.643. The smallest absolute Gasteiger partial charge is 0.274 e. The summed E-state index contributed by atoms with van der Waals surface area (Å²) in [5, 5.41) is 10.4. The molecule has 1 saturated heterocycles. The predicted octanol–water partition coefficient (Wildman–Crippen LogP) is 0.721. The van der Waals surface area contributed by atoms with Gasteiger partial charge in [0.15, 0.2) is 0 Å². The highest BCUT2D eigenvalue weighted by Crippen LogP contribution is 2.39. The molecular weight excluding hydrogens is 216 g/mol. The number of amides is 1. The quantitative estimate of drug-likeness (QED) is 0.810. The molecule has 2 heterocycles. The number of hydrogen-bond acceptors (Lipinski definition) is 3. The molecule has 1 aliphatic heterocycles. The molecule has 1 aromatic rings. The minimum absolute atomic E-state index is 0.0295. The van der Waals surface area contributed by atoms with Crippen molar-refractivity contribution in [3.63, 3.8) is 0 Å². The molecule has 0 bridgehead atoms. The van der Waals surface area contributed by atoms with Crippen LogP contribution in [0, 0.1) is 0 Å². The third kappa shape index (κ3) is 2.07. The molecule has 1 aliphatic carbocycles. The average Bonchev–Trinajstić information content (AvgIpc) is 2.87. The number of aromatic amines is 1. The molecule has 92 valence electrons. The normalized spacial score (nSPS) is 23.9. The Morgan fingerprint density at radius 1 is 1.47 bits per heavy atom. The van der Waals surface area contributed by atoms with Gasteiger partial charge in [-0.2, -0.15) is 5.10 Å². The first kappa shape index (κ1) is 10.8. The average molecular weight is 234 g/mol. The Hall–Kier alpha value is -1.36. The van der Waals surface area contributed by atoms with Gasteiger partial charge in [-0.05, 0) is 31.9 Å². The SMILES string of the molecule is CN(C(=O)c1cc(C2CC2)[nH]n1)C1CCNC1. The van der Waals surface area contributed by atoms with Crippen LogP contribution in [-0.4, -0.2) is 47.2 Å². The maximum Gasteiger partial charge on any atom is 0.274 e. The second-order valence-corrected chi connectivity index (χ2v) is 5.05. The van der Waals surface area contributed by atoms with Crippen LogP contribution in [0.15, 0.2) is 6.07 Å². The second-order valence-electron chi connectivity index (χ2n) is 5.05. The molecule has 1 saturated carbocycles. The summed E-state index contributed by atoms with van der Waals surface area (Å²) >= 11 is 0. The van der Waals surface area contributed by atoms with Crippen LogP contribution < -0.4 is 5.32 Å². The molecule has 5 nitrogen and oxygen atoms in total. The van der Waals surface area contributed by atoms with E-state index < -0.39 is 0 Å². The molecular formula is C12H18N4O. The van der Waals surface area contributed by atoms with Crippen LogP contribution in [0.1, 0.15) is 41.4 Å². The summed E-state index contributed by atoms with van der Waals surface area (Å²) in [6, 6.07) is 2.22. The number of carbonyl (C=O) groups excluding carboxylic acids is 1. The number of likely N-dealkylation sites (N-methyl/N-ethyl adjacent to an activating group) is 1. The molecule has 0 spiro atoms. The van der Waals surface area contributed by atoms with Crippen molar-refractivity contribution in [2.45, 2.75) is 31.2 Å². The van der Waals surface area contributed by atoms with Gasteiger partial charge in [0.1, 0.15) is 5.69 Å². The zero-order valence-electron chi connectivity index (χ0n) is 10.1. The zero-order chi connectivity index (χ0) is 11.8. The summed E-state index contributed by atoms with van der Waals surface area (Å²) in [7, 11) is 1.87. The Labute approximate surface area is 101 Å². The molecule has 2 N–H and O–H groups in total. The molecule has 2 fully saturated rings. The highest BCUT2D eigenvalue weighted by atomic mass is 16.2. The van der Waals surface area contributed by atoms with E-state index in [2.05, 4.69) is 15.5 Å². The first-order valence-corrected chi connectivity index (χ1v) is 6.29. The number of aromatic nitrogens is 2. The topological polar surface area (TPSA) is 61.0 Å². The lowest BCUT2D eigenvalue weighted by Crippen LogP contribution is -2.38. The van der Waals surface area contributed by atoms with E-state index in [1.165, 1.54) is 12.8 Å². The third-order valence-electron chi connectivity index (χ3n) is 3.74. The van der Waals surface area contributed by atoms with E-state index in [9.17, 15) is 4.79 Å². The molecule has 17 heavy (non-hydrogen) atoms. The molecule has 1 atom stereocenters. The second kappa shape index (κ2) is 4.14. The van der Waals surface area contributed by atoms with Gasteiger partial charge in [0, 0.05) is 31.2 Å². The highest BCUT2D eigenvalue weighted by Gasteiger charge is 2.29. The van der Waals surface area contributed by atoms with Gasteiger partial charge in [-0.1, -0.05) is 0 Å². The lowest BCUT2D eigenvalue weighted by atomic mass is 10.2. The fourth-order valence-corrected chi connectivity index (χ4v) is 2.37. The number of rotatable bonds is 3. The molecule has 1 aromatic heterocycles. The van der Waals surface area contributed by atoms with Crippen LogP contribution in [0.3, 0.4) is 0 Å². The Bertz CT molecular complexity index is 418. The van der Waals surface area contributed by atoms with Crippen molar-refractivity contribution in [1.29, 1.82) is 0 Å². The zero-order valence-corrected chi connectivity index (χ0v) is 10.1. The number of carbonyl (C=O) groups is 1. The van der Waals surface area contributed by atoms with Gasteiger partial charge < -0.3 is 10.2 Å². The maximum atomic E-state index is 12.2. The van der Waals surface area contributed by atoms with Gasteiger partial charge in [-0.3, -0.25) is 9.89 Å². The summed E-state index contributed by atoms with van der Waals surface area (Å²) in [5.41, 5.74) is 1.67. The highest BCUT2D eigenvalue weighted by molar-refractivity contribution is 5.92. The Morgan fingerprint density at radius 3 is 2.94 bits per heavy atom. The monoisotopic (exact) mass is 234 g/mol. The number of nitrogens with one attached hydrogen (secondary N) is 2. The van der Waals surface area contributed by atoms with Crippen molar-refractivity contribution < 1.29 is 4.79 Å². The van der Waals surface area contributed by atoms with E-state index in [1.807, 2.05) is 18.0 Å². The Morgan fingerprint density at radius 2 is 2.29 bits per heavy atom. The molecule has 0 radical (unpaired) electrons. The summed E-state index contributed by atoms with van der Waals surface area (Å²) < 4.78 is 0. The van der Waals surface area contributed by atoms with Crippen molar-refractivity contribution in [2.75, 3.05) is 20.1 Å². The maximum absolute atomic E-state index is 12.2. The minimum atomic E-state index is 0.0295. The van der Waals surface area contributed by atoms with Crippen molar-refractivity contribution in [3.05, 3.63) is 17.5 Å². The summed E-state index contributed by atoms with van der Waals surface area (Å²) in [6.45, 7) is 1.89. The summed E-state index contributed by atoms with van der Waals surface area (Å²) in [4.78, 5) is 14.0. The van der Waals surface area contributed by atoms with E-state index in [0.29, 0.717) is 17.7 Å². The Kier molecular flexibility index (Phi) is 2.63. The standard InChI is InChI=1S/C12H18N4O/c1-16(9-4-5-13-7-9)12(17)11-6-10(14-15-11)8-2-3-8/h6,8-9,13H,2-5,7H2,1H3,(H,14,15). The van der Waals surface area contributed by atoms with Crippen LogP contribution in [0.4, 0.5) is 0 Å². The van der Waals surface area contributed by atoms with E-state index in [1.54, 1.807) is 0 Å². The van der Waals surface area contributed by atoms with Gasteiger partial charge >= 0.3 is 0 Å². The largest absolute Gasteiger partial charge is 0.336 e. The van der Waals surface area contributed by atoms with Crippen molar-refractivity contribution in [2.24, 2.45) is 0 Å². The molecule has 1 amide bonds. The molecule has 0 aromatic carbocycles. The van der Waals surface area contributed by atoms with Gasteiger partial charge in [0.25, 0.3) is 5.91 Å². The van der Waals surface area contributed by atoms with Crippen LogP contribution in [0.2, 0.25) is 0 Å². The lowest BCUT2D eigenvalue weighted by molar-refractivity contribution is 0.0738. The fraction of sp³-hybridized carbons (Fsp3) is 0.667. The van der Waals surface area contributed by atoms with Crippen molar-refractivity contribution >= 4 is 5.91 Å². The summed E-state index contributed by atoms with van der Waals surface area (Å²) in [6.07, 6.45) is 3.47. The van der Waals surface area contributed by atoms with Gasteiger partial charge in [-0.25, -0.2) is 0 Å². The van der Waals surface area contributed by atoms with E-state index in [0.717, 1.165) is 25.2 Å². The number of H-pyrrole nitrogens is 1. The molecule has 3 rings (SSSR count). The van der Waals surface area contributed by atoms with Gasteiger partial charge in [0.2, 0.25) is 0 Å². The van der Waals surface area contributed by atoms with E-state index >= 15 is 0 Å². The van der Waals surface area contributed by atoms with E-state index in [4.69, 9.17) is 0 Å². The molecule has 2 aliphatic rings. The first-order valence-electron chi connectivity index (χ1n) is 6.29. The molecule has 5 heteroatoms. The fourth-order valence-electron chi connectivity index (χ4n) is 2.37. The van der Waals surface area contributed by atoms with Crippen LogP contribution in [0.5, 0.6) is 0 Å². The number of hydrogen-bond donors (Lipinski definition) is 2. The Balaban J connectivity index is 1.70. The lowest BCUT2D eigenvalue weighted by Gasteiger charge is -2.22. The first-order chi connectivity index (χ1) is 8.25. The molecule has 1 unspecified atom stereocenters. The van der Waals surface area contributed by atoms with Crippen LogP contribution in [0.25, 0.3) is 0 Å². The van der Waals surface area contributed by atoms with E-state index in [-0.39, 0.29) is 5.91 Å². The number of nitrogens with zero attached hydrogens (tertiary/aromatic N) is 2. The van der Waals surface area contributed by atoms with Crippen LogP contribution >= 0.6 is 0 Å². The van der Waals surface area contributed by atoms with Crippen molar-refractivity contribution in [3.8, 4) is 0 Å².